The van der Waals surface area contributed by atoms with Gasteiger partial charge in [0.1, 0.15) is 12.3 Å². The fourth-order valence-electron chi connectivity index (χ4n) is 4.14. The van der Waals surface area contributed by atoms with Crippen LogP contribution in [0.25, 0.3) is 16.9 Å². The number of rotatable bonds is 10. The molecule has 2 amide bonds. The van der Waals surface area contributed by atoms with Crippen molar-refractivity contribution in [2.75, 3.05) is 25.5 Å². The third kappa shape index (κ3) is 6.50. The Bertz CT molecular complexity index is 1360. The molecule has 2 aromatic heterocycles. The molecule has 0 unspecified atom stereocenters. The third-order valence-corrected chi connectivity index (χ3v) is 6.98. The number of imidazole rings is 1. The number of thiophene rings is 1. The number of nitrogens with one attached hydrogen (secondary N) is 1. The second-order valence-electron chi connectivity index (χ2n) is 9.90. The Hall–Kier alpha value is -3.91. The molecule has 4 rings (SSSR count). The quantitative estimate of drug-likeness (QED) is 0.255. The van der Waals surface area contributed by atoms with Crippen molar-refractivity contribution in [2.24, 2.45) is 5.92 Å². The molecule has 4 aromatic rings. The van der Waals surface area contributed by atoms with Gasteiger partial charge in [-0.3, -0.25) is 19.5 Å². The van der Waals surface area contributed by atoms with E-state index in [2.05, 4.69) is 31.3 Å². The highest BCUT2D eigenvalue weighted by Gasteiger charge is 2.22. The molecular weight excluding hydrogens is 496 g/mol. The lowest BCUT2D eigenvalue weighted by Gasteiger charge is -2.23. The van der Waals surface area contributed by atoms with E-state index >= 15 is 0 Å². The number of carbonyl (C=O) groups excluding carboxylic acids is 2. The highest BCUT2D eigenvalue weighted by molar-refractivity contribution is 7.12. The number of aromatic nitrogens is 2. The molecule has 0 bridgehead atoms. The van der Waals surface area contributed by atoms with Crippen molar-refractivity contribution in [1.82, 2.24) is 14.5 Å². The van der Waals surface area contributed by atoms with E-state index in [1.54, 1.807) is 18.1 Å². The Labute approximate surface area is 228 Å². The number of hydrogen-bond acceptors (Lipinski definition) is 5. The number of anilines is 1. The Balaban J connectivity index is 1.63. The minimum Gasteiger partial charge on any atom is -0.497 e. The first kappa shape index (κ1) is 27.1. The lowest BCUT2D eigenvalue weighted by molar-refractivity contribution is -0.117. The van der Waals surface area contributed by atoms with Crippen LogP contribution in [-0.4, -0.2) is 46.5 Å². The molecule has 1 N–H and O–H groups in total. The van der Waals surface area contributed by atoms with E-state index in [0.29, 0.717) is 29.0 Å². The van der Waals surface area contributed by atoms with Crippen molar-refractivity contribution in [3.8, 4) is 22.7 Å². The first-order chi connectivity index (χ1) is 18.2. The molecule has 7 nitrogen and oxygen atoms in total. The van der Waals surface area contributed by atoms with Crippen molar-refractivity contribution in [3.63, 3.8) is 0 Å². The van der Waals surface area contributed by atoms with Gasteiger partial charge in [-0.2, -0.15) is 0 Å². The van der Waals surface area contributed by atoms with Crippen LogP contribution in [0.4, 0.5) is 5.95 Å². The molecular formula is C30H34N4O3S. The van der Waals surface area contributed by atoms with Crippen LogP contribution >= 0.6 is 11.3 Å². The van der Waals surface area contributed by atoms with Crippen LogP contribution in [0.2, 0.25) is 0 Å². The van der Waals surface area contributed by atoms with E-state index in [9.17, 15) is 9.59 Å². The second kappa shape index (κ2) is 12.1. The molecule has 0 saturated carbocycles. The van der Waals surface area contributed by atoms with Crippen molar-refractivity contribution in [2.45, 2.75) is 33.6 Å². The number of nitrogens with zero attached hydrogens (tertiary/aromatic N) is 3. The van der Waals surface area contributed by atoms with Gasteiger partial charge in [0.15, 0.2) is 0 Å². The molecule has 0 aliphatic carbocycles. The van der Waals surface area contributed by atoms with Gasteiger partial charge in [0.2, 0.25) is 11.9 Å². The number of carbonyl (C=O) groups is 2. The maximum atomic E-state index is 13.3. The fourth-order valence-corrected chi connectivity index (χ4v) is 4.83. The summed E-state index contributed by atoms with van der Waals surface area (Å²) in [5.74, 6) is 1.33. The topological polar surface area (TPSA) is 76.5 Å². The highest BCUT2D eigenvalue weighted by Crippen LogP contribution is 2.27. The van der Waals surface area contributed by atoms with Gasteiger partial charge in [0.05, 0.1) is 17.7 Å². The minimum absolute atomic E-state index is 0.0636. The molecule has 0 atom stereocenters. The average Bonchev–Trinajstić information content (AvgIpc) is 3.58. The highest BCUT2D eigenvalue weighted by atomic mass is 32.1. The first-order valence-corrected chi connectivity index (χ1v) is 13.6. The lowest BCUT2D eigenvalue weighted by atomic mass is 10.0. The number of benzene rings is 2. The van der Waals surface area contributed by atoms with Gasteiger partial charge in [0.25, 0.3) is 5.91 Å². The van der Waals surface area contributed by atoms with E-state index in [4.69, 9.17) is 9.72 Å². The van der Waals surface area contributed by atoms with E-state index in [1.807, 2.05) is 72.5 Å². The number of ether oxygens (including phenoxy) is 1. The predicted octanol–water partition coefficient (Wildman–Crippen LogP) is 6.47. The summed E-state index contributed by atoms with van der Waals surface area (Å²) < 4.78 is 7.15. The number of amides is 2. The van der Waals surface area contributed by atoms with Gasteiger partial charge < -0.3 is 9.64 Å². The lowest BCUT2D eigenvalue weighted by Crippen LogP contribution is -2.40. The van der Waals surface area contributed by atoms with E-state index in [0.717, 1.165) is 17.0 Å². The second-order valence-corrected chi connectivity index (χ2v) is 10.8. The van der Waals surface area contributed by atoms with Gasteiger partial charge in [-0.1, -0.05) is 45.9 Å². The largest absolute Gasteiger partial charge is 0.497 e. The van der Waals surface area contributed by atoms with Gasteiger partial charge in [-0.05, 0) is 65.2 Å². The van der Waals surface area contributed by atoms with Crippen molar-refractivity contribution >= 4 is 29.1 Å². The predicted molar refractivity (Wildman–Crippen MR) is 153 cm³/mol. The van der Waals surface area contributed by atoms with Crippen molar-refractivity contribution < 1.29 is 14.3 Å². The van der Waals surface area contributed by atoms with Crippen LogP contribution < -0.4 is 10.1 Å². The van der Waals surface area contributed by atoms with E-state index in [1.165, 1.54) is 16.9 Å². The van der Waals surface area contributed by atoms with Gasteiger partial charge in [-0.15, -0.1) is 11.3 Å². The normalized spacial score (nSPS) is 11.1. The molecule has 38 heavy (non-hydrogen) atoms. The van der Waals surface area contributed by atoms with Crippen LogP contribution in [0.1, 0.15) is 48.8 Å². The molecule has 0 radical (unpaired) electrons. The van der Waals surface area contributed by atoms with Gasteiger partial charge in [0, 0.05) is 24.0 Å². The summed E-state index contributed by atoms with van der Waals surface area (Å²) in [5, 5.41) is 4.82. The number of methoxy groups -OCH3 is 1. The minimum atomic E-state index is -0.303. The monoisotopic (exact) mass is 530 g/mol. The Morgan fingerprint density at radius 2 is 1.74 bits per heavy atom. The third-order valence-electron chi connectivity index (χ3n) is 6.12. The zero-order valence-electron chi connectivity index (χ0n) is 22.5. The van der Waals surface area contributed by atoms with Crippen LogP contribution in [0.3, 0.4) is 0 Å². The molecule has 198 valence electrons. The summed E-state index contributed by atoms with van der Waals surface area (Å²) in [7, 11) is 1.63. The molecule has 2 aromatic carbocycles. The van der Waals surface area contributed by atoms with Crippen LogP contribution in [0.5, 0.6) is 5.75 Å². The Kier molecular flexibility index (Phi) is 8.63. The molecule has 8 heteroatoms. The Morgan fingerprint density at radius 3 is 2.32 bits per heavy atom. The maximum Gasteiger partial charge on any atom is 0.264 e. The Morgan fingerprint density at radius 1 is 1.03 bits per heavy atom. The standard InChI is InChI=1S/C30H34N4O3S/c1-20(2)17-33(29(36)27-7-6-16-38-27)19-28(35)32-30-31-26(23-10-14-25(37-5)15-11-23)18-34(30)24-12-8-22(9-13-24)21(3)4/h6-16,18,20-21H,17,19H2,1-5H3,(H,31,32,35). The average molecular weight is 531 g/mol. The van der Waals surface area contributed by atoms with Crippen molar-refractivity contribution in [3.05, 3.63) is 82.7 Å². The SMILES string of the molecule is COc1ccc(-c2cn(-c3ccc(C(C)C)cc3)c(NC(=O)CN(CC(C)C)C(=O)c3cccs3)n2)cc1. The molecule has 0 saturated heterocycles. The summed E-state index contributed by atoms with van der Waals surface area (Å²) in [5.41, 5.74) is 3.72. The van der Waals surface area contributed by atoms with Gasteiger partial charge >= 0.3 is 0 Å². The van der Waals surface area contributed by atoms with Gasteiger partial charge in [-0.25, -0.2) is 4.98 Å². The molecule has 0 aliphatic heterocycles. The summed E-state index contributed by atoms with van der Waals surface area (Å²) in [4.78, 5) is 33.3. The summed E-state index contributed by atoms with van der Waals surface area (Å²) >= 11 is 1.38. The molecule has 0 aliphatic rings. The summed E-state index contributed by atoms with van der Waals surface area (Å²) in [6, 6.07) is 19.5. The van der Waals surface area contributed by atoms with Crippen LogP contribution in [0.15, 0.2) is 72.2 Å². The van der Waals surface area contributed by atoms with E-state index in [-0.39, 0.29) is 24.3 Å². The maximum absolute atomic E-state index is 13.3. The van der Waals surface area contributed by atoms with Crippen LogP contribution in [0, 0.1) is 5.92 Å². The summed E-state index contributed by atoms with van der Waals surface area (Å²) in [6.07, 6.45) is 1.91. The zero-order chi connectivity index (χ0) is 27.2. The summed E-state index contributed by atoms with van der Waals surface area (Å²) in [6.45, 7) is 8.78. The van der Waals surface area contributed by atoms with E-state index < -0.39 is 0 Å². The smallest absolute Gasteiger partial charge is 0.264 e. The van der Waals surface area contributed by atoms with Crippen molar-refractivity contribution in [1.29, 1.82) is 0 Å². The molecule has 0 spiro atoms. The molecule has 2 heterocycles. The zero-order valence-corrected chi connectivity index (χ0v) is 23.3. The van der Waals surface area contributed by atoms with Crippen LogP contribution in [-0.2, 0) is 4.79 Å². The number of hydrogen-bond donors (Lipinski definition) is 1. The molecule has 0 fully saturated rings. The first-order valence-electron chi connectivity index (χ1n) is 12.7. The fraction of sp³-hybridized carbons (Fsp3) is 0.300.